The lowest BCUT2D eigenvalue weighted by atomic mass is 10.2. The Labute approximate surface area is 133 Å². The quantitative estimate of drug-likeness (QED) is 0.683. The van der Waals surface area contributed by atoms with Gasteiger partial charge in [0.2, 0.25) is 0 Å². The van der Waals surface area contributed by atoms with Crippen LogP contribution in [0.4, 0.5) is 0 Å². The molecule has 0 amide bonds. The molecule has 4 nitrogen and oxygen atoms in total. The molecule has 0 bridgehead atoms. The van der Waals surface area contributed by atoms with Crippen LogP contribution in [0.5, 0.6) is 5.75 Å². The van der Waals surface area contributed by atoms with Crippen molar-refractivity contribution < 1.29 is 4.74 Å². The molecule has 0 saturated heterocycles. The predicted molar refractivity (Wildman–Crippen MR) is 88.6 cm³/mol. The molecule has 0 saturated carbocycles. The molecule has 3 aromatic rings. The van der Waals surface area contributed by atoms with Gasteiger partial charge in [0.1, 0.15) is 5.75 Å². The van der Waals surface area contributed by atoms with Crippen LogP contribution in [0.25, 0.3) is 16.7 Å². The number of ether oxygens (including phenoxy) is 1. The largest absolute Gasteiger partial charge is 0.497 e. The summed E-state index contributed by atoms with van der Waals surface area (Å²) < 4.78 is 7.29. The lowest BCUT2D eigenvalue weighted by molar-refractivity contribution is 0.414. The molecule has 1 atom stereocenters. The minimum absolute atomic E-state index is 0.159. The fraction of sp³-hybridized carbons (Fsp3) is 0.176. The van der Waals surface area contributed by atoms with E-state index < -0.39 is 0 Å². The Bertz CT molecular complexity index is 833. The van der Waals surface area contributed by atoms with Crippen molar-refractivity contribution >= 4 is 22.8 Å². The molecular formula is C17H15N3OS. The van der Waals surface area contributed by atoms with Crippen molar-refractivity contribution in [3.05, 3.63) is 48.5 Å². The average molecular weight is 309 g/mol. The second-order valence-corrected chi connectivity index (χ2v) is 6.11. The van der Waals surface area contributed by atoms with Crippen LogP contribution in [0.2, 0.25) is 0 Å². The number of rotatable bonds is 4. The van der Waals surface area contributed by atoms with Crippen LogP contribution < -0.4 is 4.74 Å². The van der Waals surface area contributed by atoms with Gasteiger partial charge in [-0.1, -0.05) is 23.9 Å². The van der Waals surface area contributed by atoms with E-state index in [0.717, 1.165) is 27.6 Å². The summed E-state index contributed by atoms with van der Waals surface area (Å²) in [5.74, 6) is 0.813. The average Bonchev–Trinajstić information content (AvgIpc) is 2.92. The number of benzene rings is 2. The highest BCUT2D eigenvalue weighted by Gasteiger charge is 2.15. The van der Waals surface area contributed by atoms with Crippen LogP contribution in [0.1, 0.15) is 6.92 Å². The summed E-state index contributed by atoms with van der Waals surface area (Å²) in [5, 5.41) is 9.74. The summed E-state index contributed by atoms with van der Waals surface area (Å²) >= 11 is 1.46. The Kier molecular flexibility index (Phi) is 4.03. The van der Waals surface area contributed by atoms with E-state index in [-0.39, 0.29) is 5.25 Å². The number of hydrogen-bond acceptors (Lipinski definition) is 4. The zero-order chi connectivity index (χ0) is 15.5. The van der Waals surface area contributed by atoms with Gasteiger partial charge in [-0.25, -0.2) is 4.98 Å². The van der Waals surface area contributed by atoms with E-state index in [9.17, 15) is 0 Å². The number of methoxy groups -OCH3 is 1. The first-order valence-corrected chi connectivity index (χ1v) is 7.79. The molecule has 0 aliphatic heterocycles. The first-order chi connectivity index (χ1) is 10.7. The van der Waals surface area contributed by atoms with Crippen LogP contribution in [0, 0.1) is 11.3 Å². The van der Waals surface area contributed by atoms with E-state index in [1.165, 1.54) is 11.8 Å². The SMILES string of the molecule is COc1ccc(-n2c(SC(C)C#N)nc3ccccc32)cc1. The van der Waals surface area contributed by atoms with Gasteiger partial charge in [-0.05, 0) is 43.3 Å². The maximum Gasteiger partial charge on any atom is 0.174 e. The Morgan fingerprint density at radius 3 is 2.59 bits per heavy atom. The van der Waals surface area contributed by atoms with Crippen molar-refractivity contribution in [2.24, 2.45) is 0 Å². The third-order valence-corrected chi connectivity index (χ3v) is 4.27. The topological polar surface area (TPSA) is 50.8 Å². The molecule has 2 aromatic carbocycles. The van der Waals surface area contributed by atoms with E-state index in [4.69, 9.17) is 10.00 Å². The van der Waals surface area contributed by atoms with Crippen molar-refractivity contribution in [3.8, 4) is 17.5 Å². The Morgan fingerprint density at radius 2 is 1.91 bits per heavy atom. The lowest BCUT2D eigenvalue weighted by Gasteiger charge is -2.10. The number of nitriles is 1. The van der Waals surface area contributed by atoms with E-state index in [1.807, 2.05) is 55.5 Å². The highest BCUT2D eigenvalue weighted by atomic mass is 32.2. The van der Waals surface area contributed by atoms with Gasteiger partial charge < -0.3 is 4.74 Å². The van der Waals surface area contributed by atoms with Crippen molar-refractivity contribution in [2.75, 3.05) is 7.11 Å². The van der Waals surface area contributed by atoms with Gasteiger partial charge in [-0.3, -0.25) is 4.57 Å². The molecule has 0 N–H and O–H groups in total. The van der Waals surface area contributed by atoms with Gasteiger partial charge >= 0.3 is 0 Å². The van der Waals surface area contributed by atoms with E-state index in [2.05, 4.69) is 15.6 Å². The van der Waals surface area contributed by atoms with Gasteiger partial charge in [-0.15, -0.1) is 0 Å². The highest BCUT2D eigenvalue weighted by molar-refractivity contribution is 8.00. The minimum Gasteiger partial charge on any atom is -0.497 e. The zero-order valence-electron chi connectivity index (χ0n) is 12.4. The van der Waals surface area contributed by atoms with Crippen LogP contribution in [0.3, 0.4) is 0 Å². The van der Waals surface area contributed by atoms with Crippen molar-refractivity contribution in [2.45, 2.75) is 17.3 Å². The van der Waals surface area contributed by atoms with Gasteiger partial charge in [0.25, 0.3) is 0 Å². The second kappa shape index (κ2) is 6.12. The minimum atomic E-state index is -0.159. The normalized spacial score (nSPS) is 12.0. The lowest BCUT2D eigenvalue weighted by Crippen LogP contribution is -1.99. The molecule has 1 unspecified atom stereocenters. The molecule has 110 valence electrons. The predicted octanol–water partition coefficient (Wildman–Crippen LogP) is 4.04. The summed E-state index contributed by atoms with van der Waals surface area (Å²) in [5.41, 5.74) is 2.95. The third kappa shape index (κ3) is 2.66. The molecule has 1 aromatic heterocycles. The molecule has 0 spiro atoms. The first-order valence-electron chi connectivity index (χ1n) is 6.91. The number of fused-ring (bicyclic) bond motifs is 1. The molecule has 1 heterocycles. The molecule has 22 heavy (non-hydrogen) atoms. The molecule has 0 radical (unpaired) electrons. The number of aromatic nitrogens is 2. The monoisotopic (exact) mass is 309 g/mol. The summed E-state index contributed by atoms with van der Waals surface area (Å²) in [6.07, 6.45) is 0. The number of para-hydroxylation sites is 2. The first kappa shape index (κ1) is 14.5. The van der Waals surface area contributed by atoms with Crippen LogP contribution >= 0.6 is 11.8 Å². The molecule has 0 fully saturated rings. The van der Waals surface area contributed by atoms with Crippen molar-refractivity contribution in [3.63, 3.8) is 0 Å². The maximum atomic E-state index is 9.08. The summed E-state index contributed by atoms with van der Waals surface area (Å²) in [6.45, 7) is 1.88. The van der Waals surface area contributed by atoms with Crippen LogP contribution in [0.15, 0.2) is 53.7 Å². The van der Waals surface area contributed by atoms with Gasteiger partial charge in [0.15, 0.2) is 5.16 Å². The molecular weight excluding hydrogens is 294 g/mol. The Hall–Kier alpha value is -2.45. The van der Waals surface area contributed by atoms with Crippen LogP contribution in [-0.2, 0) is 0 Å². The summed E-state index contributed by atoms with van der Waals surface area (Å²) in [6, 6.07) is 18.1. The van der Waals surface area contributed by atoms with E-state index in [0.29, 0.717) is 0 Å². The number of hydrogen-bond donors (Lipinski definition) is 0. The highest BCUT2D eigenvalue weighted by Crippen LogP contribution is 2.30. The maximum absolute atomic E-state index is 9.08. The Morgan fingerprint density at radius 1 is 1.18 bits per heavy atom. The zero-order valence-corrected chi connectivity index (χ0v) is 13.2. The molecule has 0 aliphatic rings. The molecule has 5 heteroatoms. The van der Waals surface area contributed by atoms with Gasteiger partial charge in [0, 0.05) is 5.69 Å². The summed E-state index contributed by atoms with van der Waals surface area (Å²) in [4.78, 5) is 4.66. The molecule has 0 aliphatic carbocycles. The fourth-order valence-electron chi connectivity index (χ4n) is 2.25. The van der Waals surface area contributed by atoms with Gasteiger partial charge in [-0.2, -0.15) is 5.26 Å². The standard InChI is InChI=1S/C17H15N3OS/c1-12(11-18)22-17-19-15-5-3-4-6-16(15)20(17)13-7-9-14(21-2)10-8-13/h3-10,12H,1-2H3. The van der Waals surface area contributed by atoms with Crippen molar-refractivity contribution in [1.29, 1.82) is 5.26 Å². The van der Waals surface area contributed by atoms with E-state index >= 15 is 0 Å². The van der Waals surface area contributed by atoms with E-state index in [1.54, 1.807) is 7.11 Å². The fourth-order valence-corrected chi connectivity index (χ4v) is 3.08. The smallest absolute Gasteiger partial charge is 0.174 e. The number of nitrogens with zero attached hydrogens (tertiary/aromatic N) is 3. The Balaban J connectivity index is 2.16. The number of thioether (sulfide) groups is 1. The summed E-state index contributed by atoms with van der Waals surface area (Å²) in [7, 11) is 1.65. The van der Waals surface area contributed by atoms with Crippen LogP contribution in [-0.4, -0.2) is 21.9 Å². The van der Waals surface area contributed by atoms with Gasteiger partial charge in [0.05, 0.1) is 29.5 Å². The number of imidazole rings is 1. The second-order valence-electron chi connectivity index (χ2n) is 4.81. The molecule has 3 rings (SSSR count). The third-order valence-electron chi connectivity index (χ3n) is 3.32. The van der Waals surface area contributed by atoms with Crippen molar-refractivity contribution in [1.82, 2.24) is 9.55 Å².